The predicted octanol–water partition coefficient (Wildman–Crippen LogP) is 5.70. The minimum atomic E-state index is 0.419. The van der Waals surface area contributed by atoms with E-state index in [1.807, 2.05) is 43.3 Å². The second-order valence-corrected chi connectivity index (χ2v) is 6.65. The van der Waals surface area contributed by atoms with Crippen LogP contribution in [0.25, 0.3) is 0 Å². The maximum absolute atomic E-state index is 6.10. The van der Waals surface area contributed by atoms with Crippen LogP contribution in [0.4, 0.5) is 0 Å². The monoisotopic (exact) mass is 367 g/mol. The Kier molecular flexibility index (Phi) is 5.68. The van der Waals surface area contributed by atoms with E-state index in [0.29, 0.717) is 11.1 Å². The van der Waals surface area contributed by atoms with Gasteiger partial charge < -0.3 is 10.1 Å². The number of ether oxygens (including phenoxy) is 1. The van der Waals surface area contributed by atoms with Gasteiger partial charge in [-0.1, -0.05) is 47.4 Å². The zero-order valence-corrected chi connectivity index (χ0v) is 14.8. The zero-order chi connectivity index (χ0) is 15.4. The maximum Gasteiger partial charge on any atom is 0.133 e. The van der Waals surface area contributed by atoms with E-state index in [9.17, 15) is 0 Å². The Bertz CT molecular complexity index is 628. The number of halogens is 2. The smallest absolute Gasteiger partial charge is 0.133 e. The normalized spacial score (nSPS) is 11.0. The molecule has 2 nitrogen and oxygen atoms in total. The van der Waals surface area contributed by atoms with Crippen LogP contribution in [0.5, 0.6) is 11.5 Å². The highest BCUT2D eigenvalue weighted by Crippen LogP contribution is 2.31. The molecular weight excluding hydrogens is 350 g/mol. The van der Waals surface area contributed by atoms with E-state index < -0.39 is 0 Å². The molecule has 4 heteroatoms. The summed E-state index contributed by atoms with van der Waals surface area (Å²) in [6.07, 6.45) is 0. The number of hydrogen-bond acceptors (Lipinski definition) is 2. The van der Waals surface area contributed by atoms with Gasteiger partial charge in [0.2, 0.25) is 0 Å². The molecule has 0 unspecified atom stereocenters. The molecule has 0 radical (unpaired) electrons. The van der Waals surface area contributed by atoms with Crippen molar-refractivity contribution in [1.82, 2.24) is 5.32 Å². The fraction of sp³-hybridized carbons (Fsp3) is 0.294. The molecule has 0 aliphatic carbocycles. The first-order valence-corrected chi connectivity index (χ1v) is 8.08. The van der Waals surface area contributed by atoms with Gasteiger partial charge in [-0.15, -0.1) is 0 Å². The van der Waals surface area contributed by atoms with Crippen LogP contribution in [-0.2, 0) is 6.54 Å². The summed E-state index contributed by atoms with van der Waals surface area (Å²) < 4.78 is 7.10. The average molecular weight is 369 g/mol. The standard InChI is InChI=1S/C17H19BrClNO/c1-11(2)20-10-13-4-6-15(19)9-17(13)21-16-7-5-14(18)8-12(16)3/h4-9,11,20H,10H2,1-3H3. The summed E-state index contributed by atoms with van der Waals surface area (Å²) in [5.74, 6) is 1.63. The molecular formula is C17H19BrClNO. The molecule has 1 N–H and O–H groups in total. The second-order valence-electron chi connectivity index (χ2n) is 5.30. The molecule has 112 valence electrons. The Morgan fingerprint density at radius 2 is 1.90 bits per heavy atom. The highest BCUT2D eigenvalue weighted by atomic mass is 79.9. The van der Waals surface area contributed by atoms with Crippen molar-refractivity contribution in [2.75, 3.05) is 0 Å². The van der Waals surface area contributed by atoms with Gasteiger partial charge in [0, 0.05) is 27.6 Å². The molecule has 2 rings (SSSR count). The van der Waals surface area contributed by atoms with E-state index in [0.717, 1.165) is 33.6 Å². The SMILES string of the molecule is Cc1cc(Br)ccc1Oc1cc(Cl)ccc1CNC(C)C. The molecule has 0 bridgehead atoms. The van der Waals surface area contributed by atoms with Gasteiger partial charge in [0.05, 0.1) is 0 Å². The summed E-state index contributed by atoms with van der Waals surface area (Å²) in [6.45, 7) is 7.01. The molecule has 0 aromatic heterocycles. The number of aryl methyl sites for hydroxylation is 1. The second kappa shape index (κ2) is 7.30. The Morgan fingerprint density at radius 1 is 1.14 bits per heavy atom. The van der Waals surface area contributed by atoms with Gasteiger partial charge in [-0.3, -0.25) is 0 Å². The Balaban J connectivity index is 2.27. The van der Waals surface area contributed by atoms with Gasteiger partial charge in [0.1, 0.15) is 11.5 Å². The molecule has 21 heavy (non-hydrogen) atoms. The van der Waals surface area contributed by atoms with Gasteiger partial charge in [0.25, 0.3) is 0 Å². The number of nitrogens with one attached hydrogen (secondary N) is 1. The maximum atomic E-state index is 6.10. The lowest BCUT2D eigenvalue weighted by atomic mass is 10.1. The van der Waals surface area contributed by atoms with Crippen LogP contribution >= 0.6 is 27.5 Å². The van der Waals surface area contributed by atoms with Crippen molar-refractivity contribution in [2.45, 2.75) is 33.4 Å². The highest BCUT2D eigenvalue weighted by molar-refractivity contribution is 9.10. The van der Waals surface area contributed by atoms with Crippen molar-refractivity contribution in [1.29, 1.82) is 0 Å². The third-order valence-corrected chi connectivity index (χ3v) is 3.82. The summed E-state index contributed by atoms with van der Waals surface area (Å²) >= 11 is 9.56. The Labute approximate surface area is 139 Å². The van der Waals surface area contributed by atoms with Gasteiger partial charge in [-0.05, 0) is 42.8 Å². The fourth-order valence-electron chi connectivity index (χ4n) is 1.93. The van der Waals surface area contributed by atoms with Crippen molar-refractivity contribution in [3.63, 3.8) is 0 Å². The minimum absolute atomic E-state index is 0.419. The Morgan fingerprint density at radius 3 is 2.57 bits per heavy atom. The van der Waals surface area contributed by atoms with Crippen LogP contribution in [-0.4, -0.2) is 6.04 Å². The molecule has 0 spiro atoms. The van der Waals surface area contributed by atoms with Crippen molar-refractivity contribution >= 4 is 27.5 Å². The number of benzene rings is 2. The molecule has 0 saturated carbocycles. The van der Waals surface area contributed by atoms with Crippen LogP contribution < -0.4 is 10.1 Å². The Hall–Kier alpha value is -1.03. The number of rotatable bonds is 5. The molecule has 0 saturated heterocycles. The lowest BCUT2D eigenvalue weighted by Gasteiger charge is -2.15. The largest absolute Gasteiger partial charge is 0.457 e. The summed E-state index contributed by atoms with van der Waals surface area (Å²) in [7, 11) is 0. The lowest BCUT2D eigenvalue weighted by molar-refractivity contribution is 0.466. The minimum Gasteiger partial charge on any atom is -0.457 e. The zero-order valence-electron chi connectivity index (χ0n) is 12.4. The van der Waals surface area contributed by atoms with E-state index in [2.05, 4.69) is 35.1 Å². The predicted molar refractivity (Wildman–Crippen MR) is 92.4 cm³/mol. The van der Waals surface area contributed by atoms with Crippen LogP contribution in [0.15, 0.2) is 40.9 Å². The van der Waals surface area contributed by atoms with Crippen molar-refractivity contribution in [3.8, 4) is 11.5 Å². The van der Waals surface area contributed by atoms with Crippen LogP contribution in [0.2, 0.25) is 5.02 Å². The highest BCUT2D eigenvalue weighted by Gasteiger charge is 2.09. The van der Waals surface area contributed by atoms with Crippen molar-refractivity contribution < 1.29 is 4.74 Å². The van der Waals surface area contributed by atoms with E-state index in [4.69, 9.17) is 16.3 Å². The van der Waals surface area contributed by atoms with Gasteiger partial charge in [-0.2, -0.15) is 0 Å². The van der Waals surface area contributed by atoms with Crippen LogP contribution in [0, 0.1) is 6.92 Å². The summed E-state index contributed by atoms with van der Waals surface area (Å²) in [5.41, 5.74) is 2.17. The van der Waals surface area contributed by atoms with Gasteiger partial charge >= 0.3 is 0 Å². The number of hydrogen-bond donors (Lipinski definition) is 1. The molecule has 0 fully saturated rings. The van der Waals surface area contributed by atoms with Gasteiger partial charge in [0.15, 0.2) is 0 Å². The van der Waals surface area contributed by atoms with Gasteiger partial charge in [-0.25, -0.2) is 0 Å². The first-order valence-electron chi connectivity index (χ1n) is 6.91. The van der Waals surface area contributed by atoms with E-state index in [1.165, 1.54) is 0 Å². The summed E-state index contributed by atoms with van der Waals surface area (Å²) in [4.78, 5) is 0. The molecule has 0 heterocycles. The quantitative estimate of drug-likeness (QED) is 0.730. The van der Waals surface area contributed by atoms with E-state index >= 15 is 0 Å². The first-order chi connectivity index (χ1) is 9.95. The van der Waals surface area contributed by atoms with E-state index in [1.54, 1.807) is 0 Å². The third kappa shape index (κ3) is 4.73. The van der Waals surface area contributed by atoms with Crippen molar-refractivity contribution in [3.05, 3.63) is 57.0 Å². The lowest BCUT2D eigenvalue weighted by Crippen LogP contribution is -2.22. The molecule has 0 atom stereocenters. The molecule has 2 aromatic rings. The molecule has 0 aliphatic heterocycles. The van der Waals surface area contributed by atoms with Crippen LogP contribution in [0.3, 0.4) is 0 Å². The van der Waals surface area contributed by atoms with Crippen LogP contribution in [0.1, 0.15) is 25.0 Å². The summed E-state index contributed by atoms with van der Waals surface area (Å²) in [6, 6.07) is 12.1. The molecule has 2 aromatic carbocycles. The first kappa shape index (κ1) is 16.3. The molecule has 0 amide bonds. The average Bonchev–Trinajstić information content (AvgIpc) is 2.41. The fourth-order valence-corrected chi connectivity index (χ4v) is 2.57. The van der Waals surface area contributed by atoms with Crippen molar-refractivity contribution in [2.24, 2.45) is 0 Å². The summed E-state index contributed by atoms with van der Waals surface area (Å²) in [5, 5.41) is 4.07. The van der Waals surface area contributed by atoms with E-state index in [-0.39, 0.29) is 0 Å². The molecule has 0 aliphatic rings. The topological polar surface area (TPSA) is 21.3 Å². The third-order valence-electron chi connectivity index (χ3n) is 3.09.